The summed E-state index contributed by atoms with van der Waals surface area (Å²) in [5.41, 5.74) is 0.686. The van der Waals surface area contributed by atoms with E-state index in [-0.39, 0.29) is 23.0 Å². The Balaban J connectivity index is 1.77. The summed E-state index contributed by atoms with van der Waals surface area (Å²) >= 11 is 8.91. The highest BCUT2D eigenvalue weighted by molar-refractivity contribution is 8.04. The number of carbonyl (C=O) groups is 1. The SMILES string of the molecule is O=C1NC(c2ccsc2)(c2ccccn2)CC(O)=C1Sc1ccccc1Cl. The number of pyridine rings is 1. The van der Waals surface area contributed by atoms with Crippen molar-refractivity contribution in [3.8, 4) is 0 Å². The number of hydrogen-bond acceptors (Lipinski definition) is 5. The van der Waals surface area contributed by atoms with Gasteiger partial charge < -0.3 is 10.4 Å². The van der Waals surface area contributed by atoms with E-state index in [1.807, 2.05) is 53.2 Å². The van der Waals surface area contributed by atoms with Gasteiger partial charge in [0.25, 0.3) is 5.91 Å². The van der Waals surface area contributed by atoms with Gasteiger partial charge in [0, 0.05) is 17.5 Å². The standard InChI is InChI=1S/C20H15ClN2O2S2/c21-14-5-1-2-6-16(14)27-18-15(24)11-20(23-19(18)25,13-8-10-26-12-13)17-7-3-4-9-22-17/h1-10,12,24H,11H2,(H,23,25). The molecule has 0 bridgehead atoms. The second-order valence-corrected chi connectivity index (χ2v) is 8.31. The van der Waals surface area contributed by atoms with Gasteiger partial charge in [-0.05, 0) is 46.7 Å². The molecule has 136 valence electrons. The van der Waals surface area contributed by atoms with Gasteiger partial charge >= 0.3 is 0 Å². The van der Waals surface area contributed by atoms with E-state index in [4.69, 9.17) is 11.6 Å². The van der Waals surface area contributed by atoms with Crippen LogP contribution in [0.25, 0.3) is 0 Å². The number of thiophene rings is 1. The highest BCUT2D eigenvalue weighted by Gasteiger charge is 2.44. The molecule has 0 radical (unpaired) electrons. The van der Waals surface area contributed by atoms with Crippen LogP contribution in [-0.2, 0) is 10.3 Å². The van der Waals surface area contributed by atoms with Crippen LogP contribution >= 0.6 is 34.7 Å². The molecule has 3 heterocycles. The maximum absolute atomic E-state index is 13.0. The van der Waals surface area contributed by atoms with E-state index in [2.05, 4.69) is 10.3 Å². The minimum atomic E-state index is -0.896. The van der Waals surface area contributed by atoms with Gasteiger partial charge in [-0.25, -0.2) is 0 Å². The van der Waals surface area contributed by atoms with Crippen LogP contribution in [0.15, 0.2) is 81.0 Å². The molecule has 1 aliphatic rings. The van der Waals surface area contributed by atoms with Crippen LogP contribution in [0.1, 0.15) is 17.7 Å². The number of carbonyl (C=O) groups excluding carboxylic acids is 1. The van der Waals surface area contributed by atoms with Crippen LogP contribution in [-0.4, -0.2) is 16.0 Å². The monoisotopic (exact) mass is 414 g/mol. The summed E-state index contributed by atoms with van der Waals surface area (Å²) in [6.07, 6.45) is 1.91. The number of nitrogens with one attached hydrogen (secondary N) is 1. The minimum absolute atomic E-state index is 0.0283. The molecule has 4 rings (SSSR count). The molecule has 3 aromatic rings. The molecule has 1 unspecified atom stereocenters. The molecule has 0 saturated heterocycles. The third kappa shape index (κ3) is 3.36. The van der Waals surface area contributed by atoms with Gasteiger partial charge in [0.15, 0.2) is 0 Å². The number of nitrogens with zero attached hydrogens (tertiary/aromatic N) is 1. The molecule has 0 spiro atoms. The van der Waals surface area contributed by atoms with Crippen molar-refractivity contribution < 1.29 is 9.90 Å². The van der Waals surface area contributed by atoms with Crippen molar-refractivity contribution in [2.45, 2.75) is 16.9 Å². The second kappa shape index (κ2) is 7.38. The molecule has 1 aromatic carbocycles. The number of rotatable bonds is 4. The van der Waals surface area contributed by atoms with Crippen molar-refractivity contribution in [3.05, 3.63) is 92.4 Å². The predicted octanol–water partition coefficient (Wildman–Crippen LogP) is 5.12. The topological polar surface area (TPSA) is 62.2 Å². The number of aliphatic hydroxyl groups excluding tert-OH is 1. The third-order valence-corrected chi connectivity index (χ3v) is 6.72. The Kier molecular flexibility index (Phi) is 4.95. The Morgan fingerprint density at radius 3 is 2.67 bits per heavy atom. The summed E-state index contributed by atoms with van der Waals surface area (Å²) in [7, 11) is 0. The third-order valence-electron chi connectivity index (χ3n) is 4.39. The lowest BCUT2D eigenvalue weighted by molar-refractivity contribution is -0.119. The number of benzene rings is 1. The maximum Gasteiger partial charge on any atom is 0.262 e. The lowest BCUT2D eigenvalue weighted by Gasteiger charge is -2.37. The van der Waals surface area contributed by atoms with Crippen LogP contribution in [0.3, 0.4) is 0 Å². The van der Waals surface area contributed by atoms with Crippen molar-refractivity contribution in [1.29, 1.82) is 0 Å². The van der Waals surface area contributed by atoms with Gasteiger partial charge in [-0.1, -0.05) is 41.6 Å². The first-order valence-corrected chi connectivity index (χ1v) is 10.3. The van der Waals surface area contributed by atoms with Crippen molar-refractivity contribution in [2.75, 3.05) is 0 Å². The fourth-order valence-corrected chi connectivity index (χ4v) is 4.95. The fraction of sp³-hybridized carbons (Fsp3) is 0.100. The number of halogens is 1. The molecule has 2 aromatic heterocycles. The summed E-state index contributed by atoms with van der Waals surface area (Å²) < 4.78 is 0. The normalized spacial score (nSPS) is 19.8. The first kappa shape index (κ1) is 18.1. The van der Waals surface area contributed by atoms with Crippen molar-refractivity contribution in [3.63, 3.8) is 0 Å². The summed E-state index contributed by atoms with van der Waals surface area (Å²) in [5, 5.41) is 18.4. The number of hydrogen-bond donors (Lipinski definition) is 2. The number of thioether (sulfide) groups is 1. The van der Waals surface area contributed by atoms with Crippen molar-refractivity contribution in [1.82, 2.24) is 10.3 Å². The molecule has 4 nitrogen and oxygen atoms in total. The van der Waals surface area contributed by atoms with Gasteiger partial charge in [-0.3, -0.25) is 9.78 Å². The lowest BCUT2D eigenvalue weighted by atomic mass is 9.82. The Morgan fingerprint density at radius 2 is 2.00 bits per heavy atom. The Labute approximate surface area is 169 Å². The maximum atomic E-state index is 13.0. The Bertz CT molecular complexity index is 1010. The highest BCUT2D eigenvalue weighted by Crippen LogP contribution is 2.43. The van der Waals surface area contributed by atoms with Crippen LogP contribution < -0.4 is 5.32 Å². The second-order valence-electron chi connectivity index (χ2n) is 6.07. The molecule has 2 N–H and O–H groups in total. The summed E-state index contributed by atoms with van der Waals surface area (Å²) in [5.74, 6) is -0.318. The van der Waals surface area contributed by atoms with E-state index in [0.717, 1.165) is 10.5 Å². The van der Waals surface area contributed by atoms with Crippen molar-refractivity contribution in [2.24, 2.45) is 0 Å². The first-order valence-electron chi connectivity index (χ1n) is 8.21. The Morgan fingerprint density at radius 1 is 1.19 bits per heavy atom. The zero-order valence-electron chi connectivity index (χ0n) is 14.1. The van der Waals surface area contributed by atoms with E-state index in [1.54, 1.807) is 12.3 Å². The number of aliphatic hydroxyl groups is 1. The lowest BCUT2D eigenvalue weighted by Crippen LogP contribution is -2.50. The van der Waals surface area contributed by atoms with Gasteiger partial charge in [0.2, 0.25) is 0 Å². The zero-order valence-corrected chi connectivity index (χ0v) is 16.4. The average Bonchev–Trinajstić information content (AvgIpc) is 3.22. The predicted molar refractivity (Wildman–Crippen MR) is 109 cm³/mol. The van der Waals surface area contributed by atoms with Crippen molar-refractivity contribution >= 4 is 40.6 Å². The summed E-state index contributed by atoms with van der Waals surface area (Å²) in [6.45, 7) is 0. The highest BCUT2D eigenvalue weighted by atomic mass is 35.5. The smallest absolute Gasteiger partial charge is 0.262 e. The minimum Gasteiger partial charge on any atom is -0.511 e. The van der Waals surface area contributed by atoms with Gasteiger partial charge in [0.1, 0.15) is 16.2 Å². The van der Waals surface area contributed by atoms with Crippen LogP contribution in [0.5, 0.6) is 0 Å². The van der Waals surface area contributed by atoms with Crippen LogP contribution in [0.4, 0.5) is 0 Å². The van der Waals surface area contributed by atoms with E-state index < -0.39 is 5.54 Å². The van der Waals surface area contributed by atoms with E-state index in [1.165, 1.54) is 23.1 Å². The summed E-state index contributed by atoms with van der Waals surface area (Å²) in [6, 6.07) is 14.7. The molecule has 27 heavy (non-hydrogen) atoms. The van der Waals surface area contributed by atoms with Crippen LogP contribution in [0.2, 0.25) is 5.02 Å². The van der Waals surface area contributed by atoms with E-state index in [9.17, 15) is 9.90 Å². The molecule has 0 saturated carbocycles. The van der Waals surface area contributed by atoms with Gasteiger partial charge in [-0.2, -0.15) is 11.3 Å². The zero-order chi connectivity index (χ0) is 18.9. The number of amides is 1. The average molecular weight is 415 g/mol. The molecule has 0 fully saturated rings. The largest absolute Gasteiger partial charge is 0.511 e. The fourth-order valence-electron chi connectivity index (χ4n) is 3.10. The quantitative estimate of drug-likeness (QED) is 0.621. The molecule has 0 aliphatic carbocycles. The molecule has 1 atom stereocenters. The molecule has 7 heteroatoms. The van der Waals surface area contributed by atoms with Gasteiger partial charge in [-0.15, -0.1) is 0 Å². The molecular weight excluding hydrogens is 400 g/mol. The number of aromatic nitrogens is 1. The van der Waals surface area contributed by atoms with E-state index in [0.29, 0.717) is 10.7 Å². The van der Waals surface area contributed by atoms with Crippen LogP contribution in [0, 0.1) is 0 Å². The van der Waals surface area contributed by atoms with E-state index >= 15 is 0 Å². The Hall–Kier alpha value is -2.28. The molecule has 1 aliphatic heterocycles. The van der Waals surface area contributed by atoms with Gasteiger partial charge in [0.05, 0.1) is 10.7 Å². The molecule has 1 amide bonds. The first-order chi connectivity index (χ1) is 13.1. The summed E-state index contributed by atoms with van der Waals surface area (Å²) in [4.78, 5) is 18.4. The molecular formula is C20H15ClN2O2S2.